The third-order valence-electron chi connectivity index (χ3n) is 7.30. The summed E-state index contributed by atoms with van der Waals surface area (Å²) in [6.07, 6.45) is -0.549. The zero-order chi connectivity index (χ0) is 31.4. The van der Waals surface area contributed by atoms with Gasteiger partial charge in [-0.2, -0.15) is 8.78 Å². The van der Waals surface area contributed by atoms with Crippen molar-refractivity contribution in [1.29, 1.82) is 0 Å². The van der Waals surface area contributed by atoms with Crippen LogP contribution in [0.1, 0.15) is 37.3 Å². The first-order valence-electron chi connectivity index (χ1n) is 14.1. The lowest BCUT2D eigenvalue weighted by molar-refractivity contribution is -0.187. The fraction of sp³-hybridized carbons (Fsp3) is 0.167. The number of benzene rings is 5. The lowest BCUT2D eigenvalue weighted by atomic mass is 9.96. The molecule has 5 aromatic carbocycles. The van der Waals surface area contributed by atoms with Crippen LogP contribution in [0.5, 0.6) is 5.75 Å². The molecule has 5 rings (SSSR count). The highest BCUT2D eigenvalue weighted by Crippen LogP contribution is 2.36. The molecule has 0 spiro atoms. The molecular weight excluding hydrogens is 581 g/mol. The van der Waals surface area contributed by atoms with Crippen molar-refractivity contribution in [1.82, 2.24) is 0 Å². The van der Waals surface area contributed by atoms with Crippen molar-refractivity contribution in [2.24, 2.45) is 0 Å². The number of hydrogen-bond acceptors (Lipinski definition) is 1. The van der Waals surface area contributed by atoms with Crippen molar-refractivity contribution >= 4 is 0 Å². The first-order chi connectivity index (χ1) is 21.1. The minimum absolute atomic E-state index is 0.0397. The summed E-state index contributed by atoms with van der Waals surface area (Å²) in [6.45, 7) is 2.04. The summed E-state index contributed by atoms with van der Waals surface area (Å²) >= 11 is 0. The number of aryl methyl sites for hydroxylation is 1. The Morgan fingerprint density at radius 1 is 0.568 bits per heavy atom. The molecule has 0 aromatic heterocycles. The van der Waals surface area contributed by atoms with E-state index in [4.69, 9.17) is 4.74 Å². The number of halogens is 7. The Labute approximate surface area is 250 Å². The summed E-state index contributed by atoms with van der Waals surface area (Å²) in [5, 5.41) is 0. The maximum absolute atomic E-state index is 15.1. The van der Waals surface area contributed by atoms with E-state index in [9.17, 15) is 26.3 Å². The van der Waals surface area contributed by atoms with E-state index in [0.29, 0.717) is 23.1 Å². The highest BCUT2D eigenvalue weighted by Gasteiger charge is 2.37. The molecule has 5 aromatic rings. The van der Waals surface area contributed by atoms with Crippen LogP contribution in [0.15, 0.2) is 97.1 Å². The molecule has 0 N–H and O–H groups in total. The van der Waals surface area contributed by atoms with Crippen LogP contribution in [-0.2, 0) is 12.5 Å². The molecule has 0 fully saturated rings. The molecule has 0 aliphatic carbocycles. The van der Waals surface area contributed by atoms with Crippen LogP contribution in [0, 0.1) is 29.1 Å². The predicted octanol–water partition coefficient (Wildman–Crippen LogP) is 11.2. The number of hydrogen-bond donors (Lipinski definition) is 0. The second-order valence-electron chi connectivity index (χ2n) is 10.4. The van der Waals surface area contributed by atoms with Gasteiger partial charge in [-0.3, -0.25) is 0 Å². The summed E-state index contributed by atoms with van der Waals surface area (Å²) in [4.78, 5) is 0. The number of alkyl halides is 2. The second kappa shape index (κ2) is 13.0. The molecule has 0 bridgehead atoms. The third kappa shape index (κ3) is 6.80. The molecule has 226 valence electrons. The van der Waals surface area contributed by atoms with E-state index in [-0.39, 0.29) is 28.0 Å². The van der Waals surface area contributed by atoms with Crippen molar-refractivity contribution in [3.8, 4) is 39.1 Å². The van der Waals surface area contributed by atoms with E-state index in [1.165, 1.54) is 54.6 Å². The molecule has 0 unspecified atom stereocenters. The Morgan fingerprint density at radius 2 is 1.18 bits per heavy atom. The van der Waals surface area contributed by atoms with Crippen molar-refractivity contribution in [2.75, 3.05) is 0 Å². The quantitative estimate of drug-likeness (QED) is 0.113. The lowest BCUT2D eigenvalue weighted by Gasteiger charge is -2.19. The van der Waals surface area contributed by atoms with Gasteiger partial charge in [0.25, 0.3) is 0 Å². The maximum Gasteiger partial charge on any atom is 0.429 e. The molecule has 0 saturated carbocycles. The molecule has 0 radical (unpaired) electrons. The topological polar surface area (TPSA) is 9.23 Å². The monoisotopic (exact) mass is 608 g/mol. The minimum atomic E-state index is -3.93. The van der Waals surface area contributed by atoms with Gasteiger partial charge in [-0.15, -0.1) is 0 Å². The smallest absolute Gasteiger partial charge is 0.429 e. The van der Waals surface area contributed by atoms with Gasteiger partial charge in [-0.05, 0) is 95.3 Å². The van der Waals surface area contributed by atoms with Crippen molar-refractivity contribution in [2.45, 2.75) is 38.7 Å². The van der Waals surface area contributed by atoms with Gasteiger partial charge in [0.2, 0.25) is 0 Å². The van der Waals surface area contributed by atoms with Crippen molar-refractivity contribution in [3.63, 3.8) is 0 Å². The maximum atomic E-state index is 15.1. The fourth-order valence-corrected chi connectivity index (χ4v) is 5.00. The van der Waals surface area contributed by atoms with Crippen LogP contribution in [0.2, 0.25) is 0 Å². The van der Waals surface area contributed by atoms with Crippen molar-refractivity contribution in [3.05, 3.63) is 137 Å². The summed E-state index contributed by atoms with van der Waals surface area (Å²) in [7, 11) is 0. The summed E-state index contributed by atoms with van der Waals surface area (Å²) in [5.74, 6) is -4.48. The molecule has 8 heteroatoms. The summed E-state index contributed by atoms with van der Waals surface area (Å²) < 4.78 is 107. The average molecular weight is 609 g/mol. The van der Waals surface area contributed by atoms with E-state index in [2.05, 4.69) is 0 Å². The van der Waals surface area contributed by atoms with Crippen LogP contribution >= 0.6 is 0 Å². The SMILES string of the molecule is CCCCCc1ccc(C(F)(F)Oc2ccc(-c3ccc(-c4cc(F)c(-c5ccc(F)cc5)c(F)c4)c(F)c3)cc2)c(F)c1. The van der Waals surface area contributed by atoms with Crippen LogP contribution < -0.4 is 4.74 Å². The minimum Gasteiger partial charge on any atom is -0.429 e. The molecule has 1 nitrogen and oxygen atoms in total. The first-order valence-corrected chi connectivity index (χ1v) is 14.1. The molecule has 0 aliphatic rings. The van der Waals surface area contributed by atoms with E-state index in [1.807, 2.05) is 6.92 Å². The normalized spacial score (nSPS) is 11.5. The van der Waals surface area contributed by atoms with Crippen LogP contribution in [-0.4, -0.2) is 0 Å². The second-order valence-corrected chi connectivity index (χ2v) is 10.4. The predicted molar refractivity (Wildman–Crippen MR) is 157 cm³/mol. The molecule has 44 heavy (non-hydrogen) atoms. The lowest BCUT2D eigenvalue weighted by Crippen LogP contribution is -2.23. The van der Waals surface area contributed by atoms with E-state index < -0.39 is 40.8 Å². The number of rotatable bonds is 10. The Hall–Kier alpha value is -4.59. The Bertz CT molecular complexity index is 1740. The van der Waals surface area contributed by atoms with Gasteiger partial charge < -0.3 is 4.74 Å². The zero-order valence-electron chi connectivity index (χ0n) is 23.6. The van der Waals surface area contributed by atoms with Crippen LogP contribution in [0.4, 0.5) is 30.7 Å². The largest absolute Gasteiger partial charge is 0.429 e. The van der Waals surface area contributed by atoms with Gasteiger partial charge >= 0.3 is 6.11 Å². The summed E-state index contributed by atoms with van der Waals surface area (Å²) in [5.41, 5.74) is 0.260. The van der Waals surface area contributed by atoms with Gasteiger partial charge in [-0.25, -0.2) is 22.0 Å². The zero-order valence-corrected chi connectivity index (χ0v) is 23.6. The van der Waals surface area contributed by atoms with Crippen molar-refractivity contribution < 1.29 is 35.5 Å². The van der Waals surface area contributed by atoms with E-state index >= 15 is 4.39 Å². The number of ether oxygens (including phenoxy) is 1. The molecule has 0 saturated heterocycles. The van der Waals surface area contributed by atoms with Gasteiger partial charge in [-0.1, -0.05) is 62.2 Å². The molecule has 0 heterocycles. The highest BCUT2D eigenvalue weighted by atomic mass is 19.3. The fourth-order valence-electron chi connectivity index (χ4n) is 5.00. The Morgan fingerprint density at radius 3 is 1.80 bits per heavy atom. The van der Waals surface area contributed by atoms with Crippen LogP contribution in [0.3, 0.4) is 0 Å². The Balaban J connectivity index is 1.32. The highest BCUT2D eigenvalue weighted by molar-refractivity contribution is 5.74. The van der Waals surface area contributed by atoms with E-state index in [1.54, 1.807) is 0 Å². The summed E-state index contributed by atoms with van der Waals surface area (Å²) in [6, 6.07) is 19.6. The first kappa shape index (κ1) is 30.9. The standard InChI is InChI=1S/C36H27F7O/c1-2-3-4-5-22-6-17-30(32(39)18-22)36(42,43)44-28-14-9-23(10-15-28)25-11-16-29(31(38)19-25)26-20-33(40)35(34(41)21-26)24-7-12-27(37)13-8-24/h6-21H,2-5H2,1H3. The average Bonchev–Trinajstić information content (AvgIpc) is 2.98. The van der Waals surface area contributed by atoms with Gasteiger partial charge in [0, 0.05) is 5.56 Å². The molecule has 0 aliphatic heterocycles. The van der Waals surface area contributed by atoms with Crippen LogP contribution in [0.25, 0.3) is 33.4 Å². The molecule has 0 atom stereocenters. The van der Waals surface area contributed by atoms with E-state index in [0.717, 1.165) is 61.7 Å². The van der Waals surface area contributed by atoms with Gasteiger partial charge in [0.05, 0.1) is 11.1 Å². The molecular formula is C36H27F7O. The third-order valence-corrected chi connectivity index (χ3v) is 7.30. The van der Waals surface area contributed by atoms with Gasteiger partial charge in [0.15, 0.2) is 0 Å². The van der Waals surface area contributed by atoms with Gasteiger partial charge in [0.1, 0.15) is 34.8 Å². The molecule has 0 amide bonds. The number of unbranched alkanes of at least 4 members (excludes halogenated alkanes) is 2. The Kier molecular flexibility index (Phi) is 9.09.